The molecule has 0 amide bonds. The monoisotopic (exact) mass is 254 g/mol. The fourth-order valence-electron chi connectivity index (χ4n) is 1.22. The molecule has 1 aromatic heterocycles. The number of aromatic hydroxyl groups is 1. The maximum absolute atomic E-state index is 11.6. The lowest BCUT2D eigenvalue weighted by atomic mass is 10.2. The number of phenolic OH excluding ortho intramolecular Hbond substituents is 1. The Kier molecular flexibility index (Phi) is 2.03. The molecule has 0 saturated heterocycles. The number of aryl methyl sites for hydroxylation is 1. The summed E-state index contributed by atoms with van der Waals surface area (Å²) in [5.74, 6) is 0.0817. The summed E-state index contributed by atoms with van der Waals surface area (Å²) >= 11 is 3.15. The molecule has 0 unspecified atom stereocenters. The molecule has 0 radical (unpaired) electrons. The molecule has 14 heavy (non-hydrogen) atoms. The molecule has 0 aliphatic rings. The molecule has 0 atom stereocenters. The minimum atomic E-state index is -0.129. The van der Waals surface area contributed by atoms with Crippen molar-refractivity contribution in [2.45, 2.75) is 0 Å². The molecule has 1 heterocycles. The average molecular weight is 255 g/mol. The molecule has 0 aliphatic carbocycles. The van der Waals surface area contributed by atoms with E-state index in [-0.39, 0.29) is 11.3 Å². The summed E-state index contributed by atoms with van der Waals surface area (Å²) in [5, 5.41) is 9.87. The molecule has 1 N–H and O–H groups in total. The van der Waals surface area contributed by atoms with Gasteiger partial charge in [0.2, 0.25) is 0 Å². The van der Waals surface area contributed by atoms with E-state index in [1.165, 1.54) is 17.0 Å². The van der Waals surface area contributed by atoms with E-state index in [9.17, 15) is 9.90 Å². The van der Waals surface area contributed by atoms with Crippen LogP contribution in [0, 0.1) is 0 Å². The van der Waals surface area contributed by atoms with Crippen LogP contribution in [0.2, 0.25) is 0 Å². The topological polar surface area (TPSA) is 55.1 Å². The molecule has 0 spiro atoms. The predicted octanol–water partition coefficient (Wildman–Crippen LogP) is 1.40. The van der Waals surface area contributed by atoms with Crippen LogP contribution in [-0.2, 0) is 7.05 Å². The summed E-state index contributed by atoms with van der Waals surface area (Å²) in [7, 11) is 1.63. The van der Waals surface area contributed by atoms with Gasteiger partial charge in [-0.25, -0.2) is 4.98 Å². The van der Waals surface area contributed by atoms with Gasteiger partial charge in [-0.2, -0.15) is 0 Å². The zero-order valence-corrected chi connectivity index (χ0v) is 8.95. The molecule has 0 bridgehead atoms. The van der Waals surface area contributed by atoms with Gasteiger partial charge >= 0.3 is 0 Å². The van der Waals surface area contributed by atoms with E-state index < -0.39 is 0 Å². The molecule has 0 fully saturated rings. The summed E-state index contributed by atoms with van der Waals surface area (Å²) in [6, 6.07) is 3.03. The van der Waals surface area contributed by atoms with Crippen LogP contribution in [-0.4, -0.2) is 14.7 Å². The molecule has 4 nitrogen and oxygen atoms in total. The minimum Gasteiger partial charge on any atom is -0.507 e. The summed E-state index contributed by atoms with van der Waals surface area (Å²) < 4.78 is 1.89. The van der Waals surface area contributed by atoms with Crippen LogP contribution < -0.4 is 5.56 Å². The Labute approximate surface area is 88.0 Å². The Bertz CT molecular complexity index is 562. The van der Waals surface area contributed by atoms with Gasteiger partial charge in [0.1, 0.15) is 5.75 Å². The van der Waals surface area contributed by atoms with E-state index in [4.69, 9.17) is 0 Å². The van der Waals surface area contributed by atoms with Gasteiger partial charge in [-0.05, 0) is 22.0 Å². The maximum Gasteiger partial charge on any atom is 0.260 e. The van der Waals surface area contributed by atoms with Crippen molar-refractivity contribution < 1.29 is 5.11 Å². The zero-order valence-electron chi connectivity index (χ0n) is 7.36. The van der Waals surface area contributed by atoms with Crippen molar-refractivity contribution in [1.82, 2.24) is 9.55 Å². The van der Waals surface area contributed by atoms with Gasteiger partial charge in [-0.3, -0.25) is 4.79 Å². The van der Waals surface area contributed by atoms with Gasteiger partial charge in [0.25, 0.3) is 5.56 Å². The van der Waals surface area contributed by atoms with Crippen LogP contribution in [0.3, 0.4) is 0 Å². The second-order valence-corrected chi connectivity index (χ2v) is 3.84. The number of fused-ring (bicyclic) bond motifs is 1. The molecule has 2 rings (SSSR count). The lowest BCUT2D eigenvalue weighted by molar-refractivity contribution is 0.472. The quantitative estimate of drug-likeness (QED) is 0.774. The van der Waals surface area contributed by atoms with E-state index in [0.29, 0.717) is 15.4 Å². The van der Waals surface area contributed by atoms with E-state index in [0.717, 1.165) is 0 Å². The number of aromatic nitrogens is 2. The zero-order chi connectivity index (χ0) is 10.3. The van der Waals surface area contributed by atoms with Gasteiger partial charge in [0.05, 0.1) is 21.7 Å². The smallest absolute Gasteiger partial charge is 0.260 e. The normalized spacial score (nSPS) is 10.7. The van der Waals surface area contributed by atoms with Crippen molar-refractivity contribution in [2.24, 2.45) is 7.05 Å². The van der Waals surface area contributed by atoms with E-state index in [1.54, 1.807) is 13.1 Å². The highest BCUT2D eigenvalue weighted by molar-refractivity contribution is 9.10. The van der Waals surface area contributed by atoms with Crippen LogP contribution >= 0.6 is 15.9 Å². The maximum atomic E-state index is 11.6. The Morgan fingerprint density at radius 2 is 2.21 bits per heavy atom. The third kappa shape index (κ3) is 1.29. The summed E-state index contributed by atoms with van der Waals surface area (Å²) in [6.45, 7) is 0. The first-order valence-electron chi connectivity index (χ1n) is 3.93. The first kappa shape index (κ1) is 9.21. The molecule has 2 aromatic rings. The number of nitrogens with zero attached hydrogens (tertiary/aromatic N) is 2. The lowest BCUT2D eigenvalue weighted by Crippen LogP contribution is -2.16. The Morgan fingerprint density at radius 3 is 2.93 bits per heavy atom. The fourth-order valence-corrected chi connectivity index (χ4v) is 1.56. The standard InChI is InChI=1S/C9H7BrN2O2/c1-12-4-11-7-3-8(13)6(10)2-5(7)9(12)14/h2-4,13H,1H3. The minimum absolute atomic E-state index is 0.0817. The molecule has 0 saturated carbocycles. The number of hydrogen-bond acceptors (Lipinski definition) is 3. The molecule has 72 valence electrons. The molecule has 1 aromatic carbocycles. The van der Waals surface area contributed by atoms with E-state index in [2.05, 4.69) is 20.9 Å². The van der Waals surface area contributed by atoms with Crippen LogP contribution in [0.4, 0.5) is 0 Å². The summed E-state index contributed by atoms with van der Waals surface area (Å²) in [4.78, 5) is 15.6. The predicted molar refractivity (Wildman–Crippen MR) is 56.3 cm³/mol. The van der Waals surface area contributed by atoms with Crippen molar-refractivity contribution in [3.05, 3.63) is 33.3 Å². The number of phenols is 1. The van der Waals surface area contributed by atoms with Crippen molar-refractivity contribution >= 4 is 26.8 Å². The van der Waals surface area contributed by atoms with Crippen molar-refractivity contribution in [1.29, 1.82) is 0 Å². The van der Waals surface area contributed by atoms with Gasteiger partial charge in [0.15, 0.2) is 0 Å². The fraction of sp³-hybridized carbons (Fsp3) is 0.111. The van der Waals surface area contributed by atoms with Crippen molar-refractivity contribution in [2.75, 3.05) is 0 Å². The molecule has 0 aliphatic heterocycles. The first-order chi connectivity index (χ1) is 6.59. The third-order valence-corrected chi connectivity index (χ3v) is 2.62. The Hall–Kier alpha value is -1.36. The molecule has 5 heteroatoms. The van der Waals surface area contributed by atoms with E-state index >= 15 is 0 Å². The third-order valence-electron chi connectivity index (χ3n) is 1.99. The lowest BCUT2D eigenvalue weighted by Gasteiger charge is -2.02. The summed E-state index contributed by atoms with van der Waals surface area (Å²) in [5.41, 5.74) is 0.365. The number of halogens is 1. The highest BCUT2D eigenvalue weighted by Gasteiger charge is 2.05. The van der Waals surface area contributed by atoms with Crippen LogP contribution in [0.15, 0.2) is 27.7 Å². The second kappa shape index (κ2) is 3.09. The number of hydrogen-bond donors (Lipinski definition) is 1. The van der Waals surface area contributed by atoms with Crippen molar-refractivity contribution in [3.8, 4) is 5.75 Å². The highest BCUT2D eigenvalue weighted by Crippen LogP contribution is 2.26. The van der Waals surface area contributed by atoms with Gasteiger partial charge in [-0.15, -0.1) is 0 Å². The Balaban J connectivity index is 2.97. The van der Waals surface area contributed by atoms with Crippen molar-refractivity contribution in [3.63, 3.8) is 0 Å². The van der Waals surface area contributed by atoms with Gasteiger partial charge < -0.3 is 9.67 Å². The van der Waals surface area contributed by atoms with Crippen LogP contribution in [0.5, 0.6) is 5.75 Å². The average Bonchev–Trinajstić information content (AvgIpc) is 2.15. The number of rotatable bonds is 0. The summed E-state index contributed by atoms with van der Waals surface area (Å²) in [6.07, 6.45) is 1.43. The molecular formula is C9H7BrN2O2. The first-order valence-corrected chi connectivity index (χ1v) is 4.73. The Morgan fingerprint density at radius 1 is 1.50 bits per heavy atom. The van der Waals surface area contributed by atoms with E-state index in [1.807, 2.05) is 0 Å². The van der Waals surface area contributed by atoms with Gasteiger partial charge in [-0.1, -0.05) is 0 Å². The second-order valence-electron chi connectivity index (χ2n) is 2.98. The largest absolute Gasteiger partial charge is 0.507 e. The van der Waals surface area contributed by atoms with Gasteiger partial charge in [0, 0.05) is 13.1 Å². The highest BCUT2D eigenvalue weighted by atomic mass is 79.9. The number of benzene rings is 1. The molecular weight excluding hydrogens is 248 g/mol. The SMILES string of the molecule is Cn1cnc2cc(O)c(Br)cc2c1=O. The van der Waals surface area contributed by atoms with Crippen LogP contribution in [0.25, 0.3) is 10.9 Å². The van der Waals surface area contributed by atoms with Crippen LogP contribution in [0.1, 0.15) is 0 Å².